The molecule has 1 atom stereocenters. The predicted octanol–water partition coefficient (Wildman–Crippen LogP) is 1.69. The van der Waals surface area contributed by atoms with E-state index >= 15 is 0 Å². The summed E-state index contributed by atoms with van der Waals surface area (Å²) in [6.45, 7) is 3.60. The Hall–Kier alpha value is -3.09. The zero-order valence-electron chi connectivity index (χ0n) is 14.0. The molecule has 1 aromatic carbocycles. The molecule has 0 aliphatic carbocycles. The highest BCUT2D eigenvalue weighted by molar-refractivity contribution is 5.84. The summed E-state index contributed by atoms with van der Waals surface area (Å²) in [5.41, 5.74) is 0.494. The van der Waals surface area contributed by atoms with Gasteiger partial charge >= 0.3 is 17.1 Å². The highest BCUT2D eigenvalue weighted by Crippen LogP contribution is 2.31. The number of aromatic nitrogens is 3. The smallest absolute Gasteiger partial charge is 0.315 e. The standard InChI is InChI=1S/C18H19N3O4/c1-3-10-6-7-12-14(21-16(23)15(22)20-12)11(10)9-18(2,17(24)25)13-5-4-8-19-13/h4-8,19H,3,9H2,1-2H3,(H,20,22)(H,21,23)(H,24,25). The molecule has 2 heterocycles. The van der Waals surface area contributed by atoms with Gasteiger partial charge in [-0.25, -0.2) is 0 Å². The summed E-state index contributed by atoms with van der Waals surface area (Å²) < 4.78 is 0. The van der Waals surface area contributed by atoms with Crippen LogP contribution in [0.3, 0.4) is 0 Å². The summed E-state index contributed by atoms with van der Waals surface area (Å²) in [6.07, 6.45) is 2.53. The van der Waals surface area contributed by atoms with Crippen LogP contribution in [0.1, 0.15) is 30.7 Å². The number of carboxylic acids is 1. The van der Waals surface area contributed by atoms with Crippen LogP contribution in [0, 0.1) is 0 Å². The molecular formula is C18H19N3O4. The average molecular weight is 341 g/mol. The van der Waals surface area contributed by atoms with Gasteiger partial charge in [0.1, 0.15) is 5.41 Å². The molecule has 0 amide bonds. The molecule has 1 unspecified atom stereocenters. The minimum Gasteiger partial charge on any atom is -0.481 e. The van der Waals surface area contributed by atoms with E-state index in [0.717, 1.165) is 5.56 Å². The SMILES string of the molecule is CCc1ccc2[nH]c(=O)c(=O)[nH]c2c1CC(C)(C(=O)O)c1ccc[nH]1. The van der Waals surface area contributed by atoms with Crippen LogP contribution in [-0.4, -0.2) is 26.0 Å². The van der Waals surface area contributed by atoms with Gasteiger partial charge in [0.25, 0.3) is 0 Å². The molecule has 25 heavy (non-hydrogen) atoms. The number of aryl methyl sites for hydroxylation is 1. The normalized spacial score (nSPS) is 13.7. The van der Waals surface area contributed by atoms with Gasteiger partial charge in [0.15, 0.2) is 0 Å². The van der Waals surface area contributed by atoms with Crippen LogP contribution >= 0.6 is 0 Å². The maximum absolute atomic E-state index is 12.0. The summed E-state index contributed by atoms with van der Waals surface area (Å²) in [5.74, 6) is -0.972. The van der Waals surface area contributed by atoms with Crippen molar-refractivity contribution in [1.29, 1.82) is 0 Å². The number of rotatable bonds is 5. The predicted molar refractivity (Wildman–Crippen MR) is 94.1 cm³/mol. The third kappa shape index (κ3) is 2.77. The molecule has 0 fully saturated rings. The number of hydrogen-bond donors (Lipinski definition) is 4. The van der Waals surface area contributed by atoms with Crippen LogP contribution in [-0.2, 0) is 23.1 Å². The van der Waals surface area contributed by atoms with Crippen molar-refractivity contribution in [2.75, 3.05) is 0 Å². The average Bonchev–Trinajstić information content (AvgIpc) is 3.11. The first-order valence-electron chi connectivity index (χ1n) is 8.01. The number of carboxylic acid groups (broad SMARTS) is 1. The summed E-state index contributed by atoms with van der Waals surface area (Å²) in [4.78, 5) is 43.5. The second-order valence-corrected chi connectivity index (χ2v) is 6.29. The van der Waals surface area contributed by atoms with Crippen molar-refractivity contribution in [2.45, 2.75) is 32.1 Å². The molecule has 0 aliphatic rings. The molecule has 7 nitrogen and oxygen atoms in total. The quantitative estimate of drug-likeness (QED) is 0.528. The van der Waals surface area contributed by atoms with Gasteiger partial charge in [0, 0.05) is 11.9 Å². The van der Waals surface area contributed by atoms with Gasteiger partial charge in [0.05, 0.1) is 11.0 Å². The lowest BCUT2D eigenvalue weighted by Gasteiger charge is -2.25. The number of nitrogens with one attached hydrogen (secondary N) is 3. The largest absolute Gasteiger partial charge is 0.481 e. The number of benzene rings is 1. The monoisotopic (exact) mass is 341 g/mol. The highest BCUT2D eigenvalue weighted by Gasteiger charge is 2.37. The molecule has 7 heteroatoms. The van der Waals surface area contributed by atoms with Crippen molar-refractivity contribution in [3.63, 3.8) is 0 Å². The van der Waals surface area contributed by atoms with Gasteiger partial charge in [-0.2, -0.15) is 0 Å². The summed E-state index contributed by atoms with van der Waals surface area (Å²) in [5, 5.41) is 9.85. The fraction of sp³-hybridized carbons (Fsp3) is 0.278. The van der Waals surface area contributed by atoms with E-state index in [0.29, 0.717) is 28.7 Å². The second-order valence-electron chi connectivity index (χ2n) is 6.29. The Morgan fingerprint density at radius 2 is 1.88 bits per heavy atom. The first-order valence-corrected chi connectivity index (χ1v) is 8.01. The summed E-state index contributed by atoms with van der Waals surface area (Å²) >= 11 is 0. The van der Waals surface area contributed by atoms with Crippen LogP contribution in [0.5, 0.6) is 0 Å². The Bertz CT molecular complexity index is 1050. The minimum atomic E-state index is -1.20. The zero-order valence-corrected chi connectivity index (χ0v) is 14.0. The molecule has 4 N–H and O–H groups in total. The molecule has 0 radical (unpaired) electrons. The van der Waals surface area contributed by atoms with Gasteiger partial charge in [-0.3, -0.25) is 14.4 Å². The number of H-pyrrole nitrogens is 3. The number of hydrogen-bond acceptors (Lipinski definition) is 3. The third-order valence-corrected chi connectivity index (χ3v) is 4.68. The first kappa shape index (κ1) is 16.8. The lowest BCUT2D eigenvalue weighted by Crippen LogP contribution is -2.36. The van der Waals surface area contributed by atoms with Crippen molar-refractivity contribution in [3.05, 3.63) is 68.0 Å². The first-order chi connectivity index (χ1) is 11.9. The molecule has 2 aromatic heterocycles. The molecule has 0 saturated carbocycles. The Kier molecular flexibility index (Phi) is 4.08. The van der Waals surface area contributed by atoms with Crippen molar-refractivity contribution >= 4 is 17.0 Å². The van der Waals surface area contributed by atoms with E-state index in [2.05, 4.69) is 15.0 Å². The van der Waals surface area contributed by atoms with E-state index in [1.807, 2.05) is 13.0 Å². The molecule has 0 aliphatic heterocycles. The lowest BCUT2D eigenvalue weighted by atomic mass is 9.79. The van der Waals surface area contributed by atoms with Crippen LogP contribution in [0.2, 0.25) is 0 Å². The Labute approximate surface area is 142 Å². The van der Waals surface area contributed by atoms with Gasteiger partial charge in [-0.05, 0) is 49.1 Å². The topological polar surface area (TPSA) is 119 Å². The highest BCUT2D eigenvalue weighted by atomic mass is 16.4. The number of aliphatic carboxylic acids is 1. The molecule has 0 bridgehead atoms. The fourth-order valence-corrected chi connectivity index (χ4v) is 3.13. The minimum absolute atomic E-state index is 0.172. The van der Waals surface area contributed by atoms with Crippen molar-refractivity contribution in [1.82, 2.24) is 15.0 Å². The number of aromatic amines is 3. The Balaban J connectivity index is 2.26. The lowest BCUT2D eigenvalue weighted by molar-refractivity contribution is -0.143. The molecule has 3 rings (SSSR count). The van der Waals surface area contributed by atoms with Gasteiger partial charge in [-0.1, -0.05) is 13.0 Å². The van der Waals surface area contributed by atoms with Gasteiger partial charge < -0.3 is 20.1 Å². The third-order valence-electron chi connectivity index (χ3n) is 4.68. The number of carbonyl (C=O) groups is 1. The van der Waals surface area contributed by atoms with Crippen LogP contribution < -0.4 is 11.1 Å². The molecule has 0 saturated heterocycles. The van der Waals surface area contributed by atoms with Crippen LogP contribution in [0.15, 0.2) is 40.1 Å². The van der Waals surface area contributed by atoms with E-state index < -0.39 is 22.5 Å². The van der Waals surface area contributed by atoms with E-state index in [1.165, 1.54) is 0 Å². The molecular weight excluding hydrogens is 322 g/mol. The van der Waals surface area contributed by atoms with Crippen molar-refractivity contribution < 1.29 is 9.90 Å². The van der Waals surface area contributed by atoms with Crippen molar-refractivity contribution in [3.8, 4) is 0 Å². The zero-order chi connectivity index (χ0) is 18.2. The van der Waals surface area contributed by atoms with Crippen molar-refractivity contribution in [2.24, 2.45) is 0 Å². The number of fused-ring (bicyclic) bond motifs is 1. The maximum atomic E-state index is 12.0. The van der Waals surface area contributed by atoms with E-state index in [9.17, 15) is 19.5 Å². The molecule has 3 aromatic rings. The molecule has 0 spiro atoms. The van der Waals surface area contributed by atoms with E-state index in [-0.39, 0.29) is 6.42 Å². The molecule has 130 valence electrons. The van der Waals surface area contributed by atoms with E-state index in [1.54, 1.807) is 31.3 Å². The van der Waals surface area contributed by atoms with Crippen LogP contribution in [0.25, 0.3) is 11.0 Å². The summed E-state index contributed by atoms with van der Waals surface area (Å²) in [7, 11) is 0. The van der Waals surface area contributed by atoms with Gasteiger partial charge in [-0.15, -0.1) is 0 Å². The van der Waals surface area contributed by atoms with E-state index in [4.69, 9.17) is 0 Å². The Morgan fingerprint density at radius 1 is 1.16 bits per heavy atom. The fourth-order valence-electron chi connectivity index (χ4n) is 3.13. The van der Waals surface area contributed by atoms with Crippen LogP contribution in [0.4, 0.5) is 0 Å². The summed E-state index contributed by atoms with van der Waals surface area (Å²) in [6, 6.07) is 7.06. The van der Waals surface area contributed by atoms with Gasteiger partial charge in [0.2, 0.25) is 0 Å². The Morgan fingerprint density at radius 3 is 2.48 bits per heavy atom. The second kappa shape index (κ2) is 6.08. The maximum Gasteiger partial charge on any atom is 0.315 e.